The molecule has 0 aliphatic heterocycles. The predicted molar refractivity (Wildman–Crippen MR) is 58.6 cm³/mol. The van der Waals surface area contributed by atoms with Gasteiger partial charge in [-0.2, -0.15) is 0 Å². The van der Waals surface area contributed by atoms with Gasteiger partial charge < -0.3 is 10.2 Å². The fraction of sp³-hybridized carbons (Fsp3) is 0.600. The molecule has 0 aliphatic carbocycles. The van der Waals surface area contributed by atoms with E-state index in [4.69, 9.17) is 0 Å². The van der Waals surface area contributed by atoms with E-state index in [0.717, 1.165) is 31.2 Å². The first-order valence-corrected chi connectivity index (χ1v) is 4.89. The summed E-state index contributed by atoms with van der Waals surface area (Å²) >= 11 is 0. The molecule has 4 nitrogen and oxygen atoms in total. The van der Waals surface area contributed by atoms with Gasteiger partial charge >= 0.3 is 0 Å². The van der Waals surface area contributed by atoms with Crippen molar-refractivity contribution in [3.05, 3.63) is 18.1 Å². The van der Waals surface area contributed by atoms with E-state index >= 15 is 0 Å². The van der Waals surface area contributed by atoms with E-state index in [1.807, 2.05) is 20.0 Å². The van der Waals surface area contributed by atoms with Crippen LogP contribution in [-0.2, 0) is 0 Å². The fourth-order valence-electron chi connectivity index (χ4n) is 1.26. The molecule has 0 spiro atoms. The van der Waals surface area contributed by atoms with Crippen LogP contribution in [0.5, 0.6) is 0 Å². The van der Waals surface area contributed by atoms with Crippen molar-refractivity contribution in [3.8, 4) is 0 Å². The molecular weight excluding hydrogens is 176 g/mol. The second-order valence-corrected chi connectivity index (χ2v) is 3.34. The maximum Gasteiger partial charge on any atom is 0.131 e. The lowest BCUT2D eigenvalue weighted by Crippen LogP contribution is -2.23. The van der Waals surface area contributed by atoms with Gasteiger partial charge in [-0.15, -0.1) is 0 Å². The molecule has 0 radical (unpaired) electrons. The average Bonchev–Trinajstić information content (AvgIpc) is 2.18. The minimum atomic E-state index is 0.822. The van der Waals surface area contributed by atoms with Crippen molar-refractivity contribution < 1.29 is 0 Å². The van der Waals surface area contributed by atoms with Crippen LogP contribution in [-0.4, -0.2) is 37.2 Å². The van der Waals surface area contributed by atoms with Crippen molar-refractivity contribution in [1.82, 2.24) is 15.3 Å². The minimum Gasteiger partial charge on any atom is -0.360 e. The highest BCUT2D eigenvalue weighted by Crippen LogP contribution is 2.07. The standard InChI is InChI=1S/C10H18N4/c1-9-12-7-5-10(13-9)14(3)8-4-6-11-2/h5,7,11H,4,6,8H2,1-3H3. The van der Waals surface area contributed by atoms with Gasteiger partial charge in [-0.3, -0.25) is 0 Å². The number of rotatable bonds is 5. The summed E-state index contributed by atoms with van der Waals surface area (Å²) in [6.45, 7) is 3.95. The molecule has 0 atom stereocenters. The SMILES string of the molecule is CNCCCN(C)c1ccnc(C)n1. The Bertz CT molecular complexity index is 275. The first-order chi connectivity index (χ1) is 6.74. The Kier molecular flexibility index (Phi) is 4.32. The maximum absolute atomic E-state index is 4.35. The monoisotopic (exact) mass is 194 g/mol. The molecular formula is C10H18N4. The van der Waals surface area contributed by atoms with E-state index in [-0.39, 0.29) is 0 Å². The van der Waals surface area contributed by atoms with Crippen LogP contribution in [0.4, 0.5) is 5.82 Å². The highest BCUT2D eigenvalue weighted by molar-refractivity contribution is 5.35. The summed E-state index contributed by atoms with van der Waals surface area (Å²) in [6.07, 6.45) is 2.92. The first kappa shape index (κ1) is 10.9. The zero-order valence-electron chi connectivity index (χ0n) is 9.12. The van der Waals surface area contributed by atoms with Gasteiger partial charge in [0.15, 0.2) is 0 Å². The molecule has 1 rings (SSSR count). The van der Waals surface area contributed by atoms with E-state index in [2.05, 4.69) is 27.2 Å². The van der Waals surface area contributed by atoms with E-state index in [1.165, 1.54) is 0 Å². The Balaban J connectivity index is 2.47. The summed E-state index contributed by atoms with van der Waals surface area (Å²) in [7, 11) is 4.02. The summed E-state index contributed by atoms with van der Waals surface area (Å²) in [6, 6.07) is 1.94. The first-order valence-electron chi connectivity index (χ1n) is 4.89. The summed E-state index contributed by atoms with van der Waals surface area (Å²) in [5.41, 5.74) is 0. The number of hydrogen-bond donors (Lipinski definition) is 1. The molecule has 0 saturated carbocycles. The van der Waals surface area contributed by atoms with Crippen molar-refractivity contribution in [1.29, 1.82) is 0 Å². The molecule has 0 saturated heterocycles. The smallest absolute Gasteiger partial charge is 0.131 e. The van der Waals surface area contributed by atoms with Crippen molar-refractivity contribution in [2.45, 2.75) is 13.3 Å². The number of hydrogen-bond acceptors (Lipinski definition) is 4. The van der Waals surface area contributed by atoms with Crippen molar-refractivity contribution in [2.24, 2.45) is 0 Å². The van der Waals surface area contributed by atoms with E-state index in [1.54, 1.807) is 6.20 Å². The Morgan fingerprint density at radius 1 is 1.50 bits per heavy atom. The minimum absolute atomic E-state index is 0.822. The molecule has 1 N–H and O–H groups in total. The van der Waals surface area contributed by atoms with Crippen LogP contribution in [0.15, 0.2) is 12.3 Å². The second-order valence-electron chi connectivity index (χ2n) is 3.34. The third-order valence-corrected chi connectivity index (χ3v) is 2.07. The topological polar surface area (TPSA) is 41.0 Å². The Morgan fingerprint density at radius 3 is 2.93 bits per heavy atom. The number of nitrogens with one attached hydrogen (secondary N) is 1. The second kappa shape index (κ2) is 5.54. The van der Waals surface area contributed by atoms with Crippen LogP contribution in [0.3, 0.4) is 0 Å². The average molecular weight is 194 g/mol. The number of anilines is 1. The van der Waals surface area contributed by atoms with Crippen molar-refractivity contribution >= 4 is 5.82 Å². The molecule has 0 aromatic carbocycles. The Labute approximate surface area is 85.4 Å². The number of aryl methyl sites for hydroxylation is 1. The lowest BCUT2D eigenvalue weighted by atomic mass is 10.4. The van der Waals surface area contributed by atoms with E-state index in [0.29, 0.717) is 0 Å². The van der Waals surface area contributed by atoms with Gasteiger partial charge in [0.2, 0.25) is 0 Å². The van der Waals surface area contributed by atoms with Gasteiger partial charge in [-0.1, -0.05) is 0 Å². The summed E-state index contributed by atoms with van der Waals surface area (Å²) < 4.78 is 0. The third kappa shape index (κ3) is 3.30. The lowest BCUT2D eigenvalue weighted by Gasteiger charge is -2.17. The summed E-state index contributed by atoms with van der Waals surface area (Å²) in [5, 5.41) is 3.13. The molecule has 1 aromatic rings. The lowest BCUT2D eigenvalue weighted by molar-refractivity contribution is 0.708. The zero-order chi connectivity index (χ0) is 10.4. The van der Waals surface area contributed by atoms with Crippen LogP contribution in [0.1, 0.15) is 12.2 Å². The van der Waals surface area contributed by atoms with Crippen LogP contribution in [0.25, 0.3) is 0 Å². The van der Waals surface area contributed by atoms with Crippen LogP contribution >= 0.6 is 0 Å². The third-order valence-electron chi connectivity index (χ3n) is 2.07. The van der Waals surface area contributed by atoms with Gasteiger partial charge in [0.25, 0.3) is 0 Å². The molecule has 0 bridgehead atoms. The zero-order valence-corrected chi connectivity index (χ0v) is 9.12. The van der Waals surface area contributed by atoms with Gasteiger partial charge in [0, 0.05) is 19.8 Å². The highest BCUT2D eigenvalue weighted by Gasteiger charge is 2.01. The number of aromatic nitrogens is 2. The molecule has 1 heterocycles. The largest absolute Gasteiger partial charge is 0.360 e. The maximum atomic E-state index is 4.35. The van der Waals surface area contributed by atoms with E-state index in [9.17, 15) is 0 Å². The Morgan fingerprint density at radius 2 is 2.29 bits per heavy atom. The van der Waals surface area contributed by atoms with Crippen LogP contribution < -0.4 is 10.2 Å². The normalized spacial score (nSPS) is 10.2. The molecule has 0 amide bonds. The quantitative estimate of drug-likeness (QED) is 0.705. The van der Waals surface area contributed by atoms with Gasteiger partial charge in [0.05, 0.1) is 0 Å². The molecule has 4 heteroatoms. The van der Waals surface area contributed by atoms with Gasteiger partial charge in [-0.25, -0.2) is 9.97 Å². The molecule has 0 fully saturated rings. The van der Waals surface area contributed by atoms with Crippen molar-refractivity contribution in [3.63, 3.8) is 0 Å². The van der Waals surface area contributed by atoms with Gasteiger partial charge in [-0.05, 0) is 33.0 Å². The predicted octanol–water partition coefficient (Wildman–Crippen LogP) is 0.831. The fourth-order valence-corrected chi connectivity index (χ4v) is 1.26. The molecule has 78 valence electrons. The Hall–Kier alpha value is -1.16. The van der Waals surface area contributed by atoms with E-state index < -0.39 is 0 Å². The molecule has 1 aromatic heterocycles. The molecule has 14 heavy (non-hydrogen) atoms. The molecule has 0 aliphatic rings. The van der Waals surface area contributed by atoms with Crippen molar-refractivity contribution in [2.75, 3.05) is 32.1 Å². The van der Waals surface area contributed by atoms with Crippen LogP contribution in [0.2, 0.25) is 0 Å². The summed E-state index contributed by atoms with van der Waals surface area (Å²) in [4.78, 5) is 10.6. The molecule has 0 unspecified atom stereocenters. The highest BCUT2D eigenvalue weighted by atomic mass is 15.2. The number of nitrogens with zero attached hydrogens (tertiary/aromatic N) is 3. The van der Waals surface area contributed by atoms with Crippen LogP contribution in [0, 0.1) is 6.92 Å². The summed E-state index contributed by atoms with van der Waals surface area (Å²) in [5.74, 6) is 1.82. The van der Waals surface area contributed by atoms with Gasteiger partial charge in [0.1, 0.15) is 11.6 Å².